The minimum atomic E-state index is -2.82. The van der Waals surface area contributed by atoms with Gasteiger partial charge in [0.25, 0.3) is 0 Å². The van der Waals surface area contributed by atoms with Crippen LogP contribution in [0.4, 0.5) is 0 Å². The number of sulfone groups is 1. The predicted octanol–water partition coefficient (Wildman–Crippen LogP) is 1.57. The Hall–Kier alpha value is -0.360. The van der Waals surface area contributed by atoms with E-state index in [1.807, 2.05) is 11.5 Å². The zero-order chi connectivity index (χ0) is 11.1. The van der Waals surface area contributed by atoms with E-state index in [9.17, 15) is 8.42 Å². The van der Waals surface area contributed by atoms with Crippen molar-refractivity contribution in [2.24, 2.45) is 0 Å². The van der Waals surface area contributed by atoms with E-state index in [4.69, 9.17) is 0 Å². The van der Waals surface area contributed by atoms with Gasteiger partial charge in [-0.3, -0.25) is 0 Å². The molecule has 0 radical (unpaired) electrons. The molecule has 1 aliphatic heterocycles. The first-order chi connectivity index (χ1) is 7.03. The Morgan fingerprint density at radius 1 is 1.67 bits per heavy atom. The van der Waals surface area contributed by atoms with Crippen LogP contribution in [0.1, 0.15) is 25.0 Å². The van der Waals surface area contributed by atoms with Gasteiger partial charge < -0.3 is 4.57 Å². The van der Waals surface area contributed by atoms with Crippen LogP contribution in [0.5, 0.6) is 0 Å². The standard InChI is InChI=1S/C9H13BrN2O2S/c1-2-12-8(5-11-9(12)10)7-3-4-15(13,14)6-7/h5,7H,2-4,6H2,1H3. The summed E-state index contributed by atoms with van der Waals surface area (Å²) in [6, 6.07) is 0. The monoisotopic (exact) mass is 292 g/mol. The zero-order valence-corrected chi connectivity index (χ0v) is 10.9. The van der Waals surface area contributed by atoms with Crippen LogP contribution in [-0.4, -0.2) is 29.5 Å². The Kier molecular flexibility index (Phi) is 2.89. The second-order valence-electron chi connectivity index (χ2n) is 3.80. The molecule has 1 atom stereocenters. The SMILES string of the molecule is CCn1c(C2CCS(=O)(=O)C2)cnc1Br. The van der Waals surface area contributed by atoms with Crippen LogP contribution >= 0.6 is 15.9 Å². The summed E-state index contributed by atoms with van der Waals surface area (Å²) in [5, 5.41) is 0. The summed E-state index contributed by atoms with van der Waals surface area (Å²) in [5.74, 6) is 0.698. The highest BCUT2D eigenvalue weighted by Crippen LogP contribution is 2.30. The van der Waals surface area contributed by atoms with Crippen molar-refractivity contribution in [3.05, 3.63) is 16.6 Å². The van der Waals surface area contributed by atoms with Crippen molar-refractivity contribution in [3.63, 3.8) is 0 Å². The lowest BCUT2D eigenvalue weighted by atomic mass is 10.1. The van der Waals surface area contributed by atoms with Crippen molar-refractivity contribution in [1.29, 1.82) is 0 Å². The third-order valence-electron chi connectivity index (χ3n) is 2.80. The smallest absolute Gasteiger partial charge is 0.177 e. The van der Waals surface area contributed by atoms with Crippen LogP contribution in [0, 0.1) is 0 Å². The van der Waals surface area contributed by atoms with Gasteiger partial charge in [0.15, 0.2) is 14.6 Å². The largest absolute Gasteiger partial charge is 0.323 e. The van der Waals surface area contributed by atoms with Gasteiger partial charge in [-0.05, 0) is 29.3 Å². The molecular formula is C9H13BrN2O2S. The molecule has 6 heteroatoms. The van der Waals surface area contributed by atoms with Gasteiger partial charge in [-0.1, -0.05) is 0 Å². The normalized spacial score (nSPS) is 24.5. The highest BCUT2D eigenvalue weighted by Gasteiger charge is 2.31. The Morgan fingerprint density at radius 3 is 2.93 bits per heavy atom. The number of hydrogen-bond donors (Lipinski definition) is 0. The molecule has 15 heavy (non-hydrogen) atoms. The molecule has 1 unspecified atom stereocenters. The fourth-order valence-electron chi connectivity index (χ4n) is 2.03. The van der Waals surface area contributed by atoms with Crippen LogP contribution < -0.4 is 0 Å². The first-order valence-electron chi connectivity index (χ1n) is 4.95. The molecule has 1 aliphatic rings. The van der Waals surface area contributed by atoms with Crippen LogP contribution in [0.15, 0.2) is 10.9 Å². The third-order valence-corrected chi connectivity index (χ3v) is 5.21. The third kappa shape index (κ3) is 2.10. The predicted molar refractivity (Wildman–Crippen MR) is 61.6 cm³/mol. The lowest BCUT2D eigenvalue weighted by Crippen LogP contribution is -2.09. The van der Waals surface area contributed by atoms with Crippen molar-refractivity contribution in [2.75, 3.05) is 11.5 Å². The van der Waals surface area contributed by atoms with E-state index >= 15 is 0 Å². The van der Waals surface area contributed by atoms with E-state index < -0.39 is 9.84 Å². The molecule has 2 heterocycles. The maximum Gasteiger partial charge on any atom is 0.177 e. The van der Waals surface area contributed by atoms with Crippen LogP contribution in [0.2, 0.25) is 0 Å². The summed E-state index contributed by atoms with van der Waals surface area (Å²) in [7, 11) is -2.82. The molecular weight excluding hydrogens is 280 g/mol. The molecule has 0 aliphatic carbocycles. The topological polar surface area (TPSA) is 52.0 Å². The average molecular weight is 293 g/mol. The van der Waals surface area contributed by atoms with Crippen molar-refractivity contribution in [2.45, 2.75) is 25.8 Å². The van der Waals surface area contributed by atoms with Crippen molar-refractivity contribution >= 4 is 25.8 Å². The molecule has 0 aromatic carbocycles. The van der Waals surface area contributed by atoms with Gasteiger partial charge in [0.2, 0.25) is 0 Å². The molecule has 0 spiro atoms. The lowest BCUT2D eigenvalue weighted by molar-refractivity contribution is 0.599. The van der Waals surface area contributed by atoms with Gasteiger partial charge in [-0.2, -0.15) is 0 Å². The number of aromatic nitrogens is 2. The van der Waals surface area contributed by atoms with Crippen molar-refractivity contribution in [3.8, 4) is 0 Å². The van der Waals surface area contributed by atoms with Crippen molar-refractivity contribution in [1.82, 2.24) is 9.55 Å². The molecule has 1 fully saturated rings. The average Bonchev–Trinajstić information content (AvgIpc) is 2.69. The molecule has 0 saturated carbocycles. The maximum atomic E-state index is 11.4. The summed E-state index contributed by atoms with van der Waals surface area (Å²) in [6.07, 6.45) is 2.50. The van der Waals surface area contributed by atoms with E-state index in [-0.39, 0.29) is 11.7 Å². The fourth-order valence-corrected chi connectivity index (χ4v) is 4.35. The summed E-state index contributed by atoms with van der Waals surface area (Å²) in [4.78, 5) is 4.16. The highest BCUT2D eigenvalue weighted by molar-refractivity contribution is 9.10. The first-order valence-corrected chi connectivity index (χ1v) is 7.56. The molecule has 2 rings (SSSR count). The number of halogens is 1. The second kappa shape index (κ2) is 3.90. The summed E-state index contributed by atoms with van der Waals surface area (Å²) in [5.41, 5.74) is 1.03. The lowest BCUT2D eigenvalue weighted by Gasteiger charge is -2.10. The Bertz CT molecular complexity index is 466. The summed E-state index contributed by atoms with van der Waals surface area (Å²) >= 11 is 3.36. The molecule has 84 valence electrons. The fraction of sp³-hybridized carbons (Fsp3) is 0.667. The second-order valence-corrected chi connectivity index (χ2v) is 6.73. The Labute approximate surface area is 97.7 Å². The molecule has 1 aromatic heterocycles. The summed E-state index contributed by atoms with van der Waals surface area (Å²) < 4.78 is 25.6. The van der Waals surface area contributed by atoms with E-state index in [1.165, 1.54) is 0 Å². The van der Waals surface area contributed by atoms with Crippen molar-refractivity contribution < 1.29 is 8.42 Å². The van der Waals surface area contributed by atoms with Crippen LogP contribution in [-0.2, 0) is 16.4 Å². The quantitative estimate of drug-likeness (QED) is 0.831. The van der Waals surface area contributed by atoms with Crippen LogP contribution in [0.25, 0.3) is 0 Å². The highest BCUT2D eigenvalue weighted by atomic mass is 79.9. The van der Waals surface area contributed by atoms with Gasteiger partial charge >= 0.3 is 0 Å². The number of nitrogens with zero attached hydrogens (tertiary/aromatic N) is 2. The van der Waals surface area contributed by atoms with E-state index in [2.05, 4.69) is 20.9 Å². The van der Waals surface area contributed by atoms with Gasteiger partial charge in [0.05, 0.1) is 11.5 Å². The molecule has 1 aromatic rings. The number of rotatable bonds is 2. The molecule has 0 amide bonds. The summed E-state index contributed by atoms with van der Waals surface area (Å²) in [6.45, 7) is 2.84. The van der Waals surface area contributed by atoms with E-state index in [0.29, 0.717) is 5.75 Å². The minimum Gasteiger partial charge on any atom is -0.323 e. The molecule has 0 bridgehead atoms. The zero-order valence-electron chi connectivity index (χ0n) is 8.48. The van der Waals surface area contributed by atoms with Gasteiger partial charge in [-0.15, -0.1) is 0 Å². The van der Waals surface area contributed by atoms with E-state index in [1.54, 1.807) is 6.20 Å². The van der Waals surface area contributed by atoms with Gasteiger partial charge in [-0.25, -0.2) is 13.4 Å². The first kappa shape index (κ1) is 11.1. The Morgan fingerprint density at radius 2 is 2.40 bits per heavy atom. The number of imidazole rings is 1. The molecule has 0 N–H and O–H groups in total. The Balaban J connectivity index is 2.31. The van der Waals surface area contributed by atoms with E-state index in [0.717, 1.165) is 23.4 Å². The van der Waals surface area contributed by atoms with Crippen LogP contribution in [0.3, 0.4) is 0 Å². The maximum absolute atomic E-state index is 11.4. The number of hydrogen-bond acceptors (Lipinski definition) is 3. The minimum absolute atomic E-state index is 0.119. The van der Waals surface area contributed by atoms with Gasteiger partial charge in [0, 0.05) is 24.4 Å². The van der Waals surface area contributed by atoms with Gasteiger partial charge in [0.1, 0.15) is 0 Å². The molecule has 4 nitrogen and oxygen atoms in total. The molecule has 1 saturated heterocycles.